The predicted molar refractivity (Wildman–Crippen MR) is 45.1 cm³/mol. The minimum absolute atomic E-state index is 0.665. The highest BCUT2D eigenvalue weighted by Gasteiger charge is 2.46. The molecule has 0 aliphatic rings. The van der Waals surface area contributed by atoms with Crippen molar-refractivity contribution in [1.29, 1.82) is 0 Å². The van der Waals surface area contributed by atoms with E-state index in [2.05, 4.69) is 0 Å². The van der Waals surface area contributed by atoms with Crippen molar-refractivity contribution in [2.75, 3.05) is 0 Å². The summed E-state index contributed by atoms with van der Waals surface area (Å²) in [6.07, 6.45) is -5.08. The molecule has 1 unspecified atom stereocenters. The normalized spacial score (nSPS) is 15.9. The van der Waals surface area contributed by atoms with Crippen LogP contribution in [0.4, 0.5) is 13.2 Å². The Balaban J connectivity index is 4.88. The van der Waals surface area contributed by atoms with Crippen molar-refractivity contribution < 1.29 is 27.9 Å². The number of hydrogen-bond acceptors (Lipinski definition) is 2. The number of carboxylic acid groups (broad SMARTS) is 1. The van der Waals surface area contributed by atoms with Gasteiger partial charge in [0, 0.05) is 0 Å². The Bertz CT molecular complexity index is 275. The van der Waals surface area contributed by atoms with Gasteiger partial charge in [-0.15, -0.1) is 0 Å². The largest absolute Gasteiger partial charge is 0.480 e. The van der Waals surface area contributed by atoms with E-state index in [1.165, 1.54) is 19.2 Å². The average Bonchev–Trinajstić information content (AvgIpc) is 2.01. The van der Waals surface area contributed by atoms with Crippen molar-refractivity contribution in [3.05, 3.63) is 0 Å². The third kappa shape index (κ3) is 3.10. The number of carbonyl (C=O) groups is 2. The Morgan fingerprint density at radius 2 is 1.67 bits per heavy atom. The third-order valence-electron chi connectivity index (χ3n) is 2.23. The lowest BCUT2D eigenvalue weighted by atomic mass is 9.88. The highest BCUT2D eigenvalue weighted by Crippen LogP contribution is 2.21. The zero-order valence-electron chi connectivity index (χ0n) is 8.47. The van der Waals surface area contributed by atoms with Crippen LogP contribution in [-0.4, -0.2) is 28.7 Å². The Hall–Kier alpha value is -1.27. The van der Waals surface area contributed by atoms with Gasteiger partial charge in [-0.1, -0.05) is 13.8 Å². The van der Waals surface area contributed by atoms with E-state index in [0.717, 1.165) is 6.92 Å². The van der Waals surface area contributed by atoms with E-state index >= 15 is 0 Å². The van der Waals surface area contributed by atoms with Gasteiger partial charge in [0.2, 0.25) is 0 Å². The maximum Gasteiger partial charge on any atom is 0.471 e. The standard InChI is InChI=1S/C8H12F3NO3/c1-4(2)7(3,6(14)15)12-5(13)8(9,10)11/h4H,1-3H3,(H,12,13)(H,14,15). The van der Waals surface area contributed by atoms with Crippen LogP contribution in [0.25, 0.3) is 0 Å². The molecule has 0 heterocycles. The summed E-state index contributed by atoms with van der Waals surface area (Å²) < 4.78 is 35.7. The van der Waals surface area contributed by atoms with Crippen LogP contribution in [0.1, 0.15) is 20.8 Å². The Morgan fingerprint density at radius 3 is 1.87 bits per heavy atom. The van der Waals surface area contributed by atoms with Crippen LogP contribution in [0.2, 0.25) is 0 Å². The maximum absolute atomic E-state index is 11.9. The first-order valence-corrected chi connectivity index (χ1v) is 4.14. The van der Waals surface area contributed by atoms with E-state index in [0.29, 0.717) is 0 Å². The molecule has 4 nitrogen and oxygen atoms in total. The topological polar surface area (TPSA) is 66.4 Å². The molecule has 2 N–H and O–H groups in total. The molecule has 0 rings (SSSR count). The minimum Gasteiger partial charge on any atom is -0.480 e. The van der Waals surface area contributed by atoms with Crippen molar-refractivity contribution in [2.45, 2.75) is 32.5 Å². The van der Waals surface area contributed by atoms with Crippen LogP contribution < -0.4 is 5.32 Å². The first-order chi connectivity index (χ1) is 6.51. The summed E-state index contributed by atoms with van der Waals surface area (Å²) in [4.78, 5) is 21.3. The second-order valence-corrected chi connectivity index (χ2v) is 3.61. The number of amides is 1. The smallest absolute Gasteiger partial charge is 0.471 e. The van der Waals surface area contributed by atoms with Gasteiger partial charge in [-0.25, -0.2) is 4.79 Å². The number of nitrogens with one attached hydrogen (secondary N) is 1. The molecule has 0 saturated carbocycles. The van der Waals surface area contributed by atoms with Gasteiger partial charge in [0.25, 0.3) is 0 Å². The van der Waals surface area contributed by atoms with Gasteiger partial charge >= 0.3 is 18.1 Å². The molecule has 0 saturated heterocycles. The predicted octanol–water partition coefficient (Wildman–Crippen LogP) is 1.16. The summed E-state index contributed by atoms with van der Waals surface area (Å²) in [7, 11) is 0. The molecule has 0 aromatic rings. The summed E-state index contributed by atoms with van der Waals surface area (Å²) in [5.74, 6) is -4.42. The van der Waals surface area contributed by atoms with Gasteiger partial charge < -0.3 is 10.4 Å². The molecule has 0 aliphatic heterocycles. The van der Waals surface area contributed by atoms with Gasteiger partial charge in [-0.05, 0) is 12.8 Å². The van der Waals surface area contributed by atoms with Crippen LogP contribution >= 0.6 is 0 Å². The molecule has 1 atom stereocenters. The van der Waals surface area contributed by atoms with Gasteiger partial charge in [-0.2, -0.15) is 13.2 Å². The SMILES string of the molecule is CC(C)C(C)(NC(=O)C(F)(F)F)C(=O)O. The first kappa shape index (κ1) is 13.7. The maximum atomic E-state index is 11.9. The fourth-order valence-corrected chi connectivity index (χ4v) is 0.751. The summed E-state index contributed by atoms with van der Waals surface area (Å²) in [6, 6.07) is 0. The molecule has 0 aromatic heterocycles. The lowest BCUT2D eigenvalue weighted by molar-refractivity contribution is -0.178. The highest BCUT2D eigenvalue weighted by atomic mass is 19.4. The lowest BCUT2D eigenvalue weighted by Crippen LogP contribution is -2.58. The molecule has 0 aliphatic carbocycles. The van der Waals surface area contributed by atoms with E-state index < -0.39 is 29.5 Å². The summed E-state index contributed by atoms with van der Waals surface area (Å²) in [5.41, 5.74) is -1.92. The number of carbonyl (C=O) groups excluding carboxylic acids is 1. The fourth-order valence-electron chi connectivity index (χ4n) is 0.751. The number of hydrogen-bond donors (Lipinski definition) is 2. The van der Waals surface area contributed by atoms with Gasteiger partial charge in [0.1, 0.15) is 5.54 Å². The molecule has 1 amide bonds. The van der Waals surface area contributed by atoms with Crippen molar-refractivity contribution in [1.82, 2.24) is 5.32 Å². The zero-order chi connectivity index (χ0) is 12.4. The average molecular weight is 227 g/mol. The monoisotopic (exact) mass is 227 g/mol. The van der Waals surface area contributed by atoms with E-state index in [1.807, 2.05) is 0 Å². The van der Waals surface area contributed by atoms with Crippen LogP contribution in [0.15, 0.2) is 0 Å². The molecule has 15 heavy (non-hydrogen) atoms. The summed E-state index contributed by atoms with van der Waals surface area (Å²) in [6.45, 7) is 3.85. The molecule has 7 heteroatoms. The lowest BCUT2D eigenvalue weighted by Gasteiger charge is -2.30. The van der Waals surface area contributed by atoms with E-state index in [1.54, 1.807) is 0 Å². The van der Waals surface area contributed by atoms with Crippen LogP contribution in [-0.2, 0) is 9.59 Å². The number of rotatable bonds is 3. The summed E-state index contributed by atoms with van der Waals surface area (Å²) in [5, 5.41) is 10.2. The van der Waals surface area contributed by atoms with Crippen LogP contribution in [0.5, 0.6) is 0 Å². The molecule has 0 aromatic carbocycles. The number of aliphatic carboxylic acids is 1. The van der Waals surface area contributed by atoms with Gasteiger partial charge in [0.15, 0.2) is 0 Å². The Labute approximate surface area is 84.5 Å². The second kappa shape index (κ2) is 4.08. The highest BCUT2D eigenvalue weighted by molar-refractivity contribution is 5.89. The van der Waals surface area contributed by atoms with E-state index in [9.17, 15) is 22.8 Å². The molecule has 88 valence electrons. The molecule has 0 spiro atoms. The Morgan fingerprint density at radius 1 is 1.27 bits per heavy atom. The molecular weight excluding hydrogens is 215 g/mol. The molecular formula is C8H12F3NO3. The second-order valence-electron chi connectivity index (χ2n) is 3.61. The molecule has 0 radical (unpaired) electrons. The van der Waals surface area contributed by atoms with E-state index in [-0.39, 0.29) is 0 Å². The number of carboxylic acids is 1. The van der Waals surface area contributed by atoms with Crippen molar-refractivity contribution in [3.8, 4) is 0 Å². The molecule has 0 bridgehead atoms. The van der Waals surface area contributed by atoms with Gasteiger partial charge in [-0.3, -0.25) is 4.79 Å². The zero-order valence-corrected chi connectivity index (χ0v) is 8.47. The third-order valence-corrected chi connectivity index (χ3v) is 2.23. The summed E-state index contributed by atoms with van der Waals surface area (Å²) >= 11 is 0. The Kier molecular flexibility index (Phi) is 3.73. The molecule has 0 fully saturated rings. The van der Waals surface area contributed by atoms with E-state index in [4.69, 9.17) is 5.11 Å². The fraction of sp³-hybridized carbons (Fsp3) is 0.750. The number of alkyl halides is 3. The van der Waals surface area contributed by atoms with Crippen molar-refractivity contribution in [3.63, 3.8) is 0 Å². The quantitative estimate of drug-likeness (QED) is 0.760. The first-order valence-electron chi connectivity index (χ1n) is 4.14. The van der Waals surface area contributed by atoms with Gasteiger partial charge in [0.05, 0.1) is 0 Å². The minimum atomic E-state index is -5.08. The number of halogens is 3. The van der Waals surface area contributed by atoms with Crippen molar-refractivity contribution in [2.24, 2.45) is 5.92 Å². The van der Waals surface area contributed by atoms with Crippen LogP contribution in [0, 0.1) is 5.92 Å². The van der Waals surface area contributed by atoms with Crippen molar-refractivity contribution >= 4 is 11.9 Å². The van der Waals surface area contributed by atoms with Crippen LogP contribution in [0.3, 0.4) is 0 Å².